The van der Waals surface area contributed by atoms with E-state index >= 15 is 0 Å². The van der Waals surface area contributed by atoms with Crippen LogP contribution in [0.4, 0.5) is 0 Å². The van der Waals surface area contributed by atoms with E-state index in [0.717, 1.165) is 0 Å². The fraction of sp³-hybridized carbons (Fsp3) is 0.200. The molecule has 4 aliphatic rings. The van der Waals surface area contributed by atoms with Crippen molar-refractivity contribution in [2.24, 2.45) is 23.7 Å². The number of hydrogen-bond donors (Lipinski definition) is 0. The minimum absolute atomic E-state index is 0.0330. The highest BCUT2D eigenvalue weighted by Gasteiger charge is 2.44. The quantitative estimate of drug-likeness (QED) is 0.208. The Labute approximate surface area is 199 Å². The molecule has 0 heterocycles. The van der Waals surface area contributed by atoms with Crippen LogP contribution in [-0.4, -0.2) is 26.2 Å². The predicted octanol–water partition coefficient (Wildman–Crippen LogP) is 5.31. The van der Waals surface area contributed by atoms with Gasteiger partial charge in [-0.25, -0.2) is 9.59 Å². The minimum atomic E-state index is -0.672. The van der Waals surface area contributed by atoms with Crippen molar-refractivity contribution in [3.8, 4) is 0 Å². The third-order valence-corrected chi connectivity index (χ3v) is 6.98. The van der Waals surface area contributed by atoms with Gasteiger partial charge >= 0.3 is 11.9 Å². The number of allylic oxidation sites excluding steroid dienone is 8. The zero-order chi connectivity index (χ0) is 23.7. The number of rotatable bonds is 4. The molecule has 0 amide bonds. The van der Waals surface area contributed by atoms with Gasteiger partial charge in [-0.3, -0.25) is 0 Å². The molecule has 0 radical (unpaired) electrons. The van der Waals surface area contributed by atoms with Crippen molar-refractivity contribution in [3.05, 3.63) is 125 Å². The SMILES string of the molecule is COC(=O)C(C(=O)OC)=C1C=C[C@H]2C=C[C@@H]1[C@@H]1C=CC(=C(c3ccccc3)c3ccccc3)[C@H]21. The largest absolute Gasteiger partial charge is 0.465 e. The number of ether oxygens (including phenoxy) is 2. The molecular formula is C30H26O4. The highest BCUT2D eigenvalue weighted by molar-refractivity contribution is 6.15. The molecule has 4 heteroatoms. The van der Waals surface area contributed by atoms with Crippen LogP contribution in [0, 0.1) is 23.7 Å². The van der Waals surface area contributed by atoms with Crippen molar-refractivity contribution in [3.63, 3.8) is 0 Å². The highest BCUT2D eigenvalue weighted by Crippen LogP contribution is 2.52. The second-order valence-electron chi connectivity index (χ2n) is 8.69. The maximum absolute atomic E-state index is 12.6. The first-order valence-electron chi connectivity index (χ1n) is 11.4. The summed E-state index contributed by atoms with van der Waals surface area (Å²) in [6.45, 7) is 0. The van der Waals surface area contributed by atoms with Gasteiger partial charge in [0.05, 0.1) is 14.2 Å². The third kappa shape index (κ3) is 3.65. The van der Waals surface area contributed by atoms with Crippen molar-refractivity contribution < 1.29 is 19.1 Å². The Kier molecular flexibility index (Phi) is 5.89. The lowest BCUT2D eigenvalue weighted by Gasteiger charge is -2.34. The van der Waals surface area contributed by atoms with Gasteiger partial charge in [-0.2, -0.15) is 0 Å². The first-order valence-corrected chi connectivity index (χ1v) is 11.4. The van der Waals surface area contributed by atoms with Gasteiger partial charge in [-0.05, 0) is 33.8 Å². The van der Waals surface area contributed by atoms with E-state index in [0.29, 0.717) is 5.57 Å². The Morgan fingerprint density at radius 3 is 1.79 bits per heavy atom. The summed E-state index contributed by atoms with van der Waals surface area (Å²) in [5.74, 6) is -1.03. The molecule has 6 rings (SSSR count). The summed E-state index contributed by atoms with van der Waals surface area (Å²) in [5.41, 5.74) is 5.44. The number of benzene rings is 2. The summed E-state index contributed by atoms with van der Waals surface area (Å²) >= 11 is 0. The second-order valence-corrected chi connectivity index (χ2v) is 8.69. The van der Waals surface area contributed by atoms with Crippen LogP contribution in [0.3, 0.4) is 0 Å². The Hall–Kier alpha value is -3.92. The average molecular weight is 451 g/mol. The highest BCUT2D eigenvalue weighted by atomic mass is 16.5. The molecule has 2 aromatic carbocycles. The fourth-order valence-electron chi connectivity index (χ4n) is 5.51. The monoisotopic (exact) mass is 450 g/mol. The molecule has 0 aliphatic heterocycles. The first kappa shape index (κ1) is 21.9. The van der Waals surface area contributed by atoms with Crippen molar-refractivity contribution in [2.45, 2.75) is 0 Å². The van der Waals surface area contributed by atoms with Gasteiger partial charge in [0.1, 0.15) is 5.57 Å². The Balaban J connectivity index is 1.68. The van der Waals surface area contributed by atoms with E-state index in [9.17, 15) is 9.59 Å². The molecule has 0 saturated heterocycles. The predicted molar refractivity (Wildman–Crippen MR) is 131 cm³/mol. The Bertz CT molecular complexity index is 1200. The third-order valence-electron chi connectivity index (χ3n) is 6.98. The van der Waals surface area contributed by atoms with E-state index in [1.54, 1.807) is 0 Å². The van der Waals surface area contributed by atoms with Crippen LogP contribution in [0.25, 0.3) is 5.57 Å². The second kappa shape index (κ2) is 9.14. The summed E-state index contributed by atoms with van der Waals surface area (Å²) in [6, 6.07) is 20.9. The van der Waals surface area contributed by atoms with E-state index in [1.807, 2.05) is 18.2 Å². The number of carbonyl (C=O) groups excluding carboxylic acids is 2. The standard InChI is InChI=1S/C30H26O4/c1-33-29(31)28(30(32)34-2)24-16-14-21-13-15-22(24)23-17-18-25(27(21)23)26(19-9-5-3-6-10-19)20-11-7-4-8-12-20/h3-18,21-23,27H,1-2H3/t21-,22-,23+,27-/m1/s1. The summed E-state index contributed by atoms with van der Waals surface area (Å²) in [7, 11) is 2.56. The number of carbonyl (C=O) groups is 2. The minimum Gasteiger partial charge on any atom is -0.465 e. The van der Waals surface area contributed by atoms with Gasteiger partial charge in [0.15, 0.2) is 0 Å². The Morgan fingerprint density at radius 2 is 1.24 bits per heavy atom. The lowest BCUT2D eigenvalue weighted by atomic mass is 9.69. The van der Waals surface area contributed by atoms with Crippen LogP contribution in [-0.2, 0) is 19.1 Å². The van der Waals surface area contributed by atoms with E-state index in [4.69, 9.17) is 9.47 Å². The van der Waals surface area contributed by atoms with E-state index in [1.165, 1.54) is 36.5 Å². The zero-order valence-corrected chi connectivity index (χ0v) is 19.2. The molecule has 4 aliphatic carbocycles. The number of methoxy groups -OCH3 is 2. The topological polar surface area (TPSA) is 52.6 Å². The first-order chi connectivity index (χ1) is 16.6. The molecule has 0 saturated carbocycles. The van der Waals surface area contributed by atoms with E-state index in [-0.39, 0.29) is 29.2 Å². The molecule has 4 nitrogen and oxygen atoms in total. The molecule has 34 heavy (non-hydrogen) atoms. The van der Waals surface area contributed by atoms with Crippen LogP contribution in [0.15, 0.2) is 114 Å². The van der Waals surface area contributed by atoms with Gasteiger partial charge < -0.3 is 9.47 Å². The van der Waals surface area contributed by atoms with Gasteiger partial charge in [0, 0.05) is 17.8 Å². The lowest BCUT2D eigenvalue weighted by Crippen LogP contribution is -2.29. The molecule has 0 N–H and O–H groups in total. The van der Waals surface area contributed by atoms with Crippen LogP contribution in [0.5, 0.6) is 0 Å². The van der Waals surface area contributed by atoms with Gasteiger partial charge in [-0.15, -0.1) is 0 Å². The summed E-state index contributed by atoms with van der Waals surface area (Å²) in [6.07, 6.45) is 12.8. The van der Waals surface area contributed by atoms with Crippen LogP contribution in [0.1, 0.15) is 11.1 Å². The summed E-state index contributed by atoms with van der Waals surface area (Å²) < 4.78 is 9.88. The molecule has 2 bridgehead atoms. The van der Waals surface area contributed by atoms with E-state index in [2.05, 4.69) is 78.9 Å². The lowest BCUT2D eigenvalue weighted by molar-refractivity contribution is -0.144. The molecule has 0 spiro atoms. The maximum atomic E-state index is 12.6. The van der Waals surface area contributed by atoms with Crippen molar-refractivity contribution in [2.75, 3.05) is 14.2 Å². The van der Waals surface area contributed by atoms with Gasteiger partial charge in [-0.1, -0.05) is 97.1 Å². The average Bonchev–Trinajstić information content (AvgIpc) is 3.14. The molecule has 0 fully saturated rings. The van der Waals surface area contributed by atoms with Crippen molar-refractivity contribution in [1.29, 1.82) is 0 Å². The van der Waals surface area contributed by atoms with E-state index < -0.39 is 11.9 Å². The molecule has 170 valence electrons. The van der Waals surface area contributed by atoms with Crippen molar-refractivity contribution in [1.82, 2.24) is 0 Å². The van der Waals surface area contributed by atoms with Crippen LogP contribution in [0.2, 0.25) is 0 Å². The molecule has 4 atom stereocenters. The number of fused-ring (bicyclic) bond motifs is 1. The zero-order valence-electron chi connectivity index (χ0n) is 19.2. The molecule has 2 aromatic rings. The smallest absolute Gasteiger partial charge is 0.345 e. The fourth-order valence-corrected chi connectivity index (χ4v) is 5.51. The summed E-state index contributed by atoms with van der Waals surface area (Å²) in [5, 5.41) is 0. The molecule has 0 aromatic heterocycles. The van der Waals surface area contributed by atoms with Crippen molar-refractivity contribution >= 4 is 17.5 Å². The maximum Gasteiger partial charge on any atom is 0.345 e. The normalized spacial score (nSPS) is 23.9. The Morgan fingerprint density at radius 1 is 0.676 bits per heavy atom. The molecule has 0 unspecified atom stereocenters. The van der Waals surface area contributed by atoms with Gasteiger partial charge in [0.25, 0.3) is 0 Å². The van der Waals surface area contributed by atoms with Gasteiger partial charge in [0.2, 0.25) is 0 Å². The molecular weight excluding hydrogens is 424 g/mol. The number of esters is 2. The number of hydrogen-bond acceptors (Lipinski definition) is 4. The summed E-state index contributed by atoms with van der Waals surface area (Å²) in [4.78, 5) is 25.1. The van der Waals surface area contributed by atoms with Crippen LogP contribution >= 0.6 is 0 Å². The van der Waals surface area contributed by atoms with Crippen LogP contribution < -0.4 is 0 Å².